The third-order valence-corrected chi connectivity index (χ3v) is 3.85. The number of carbonyl (C=O) groups is 2. The zero-order chi connectivity index (χ0) is 17.5. The summed E-state index contributed by atoms with van der Waals surface area (Å²) in [5.41, 5.74) is 0.834. The van der Waals surface area contributed by atoms with Gasteiger partial charge in [-0.25, -0.2) is 9.18 Å². The van der Waals surface area contributed by atoms with Gasteiger partial charge in [-0.2, -0.15) is 0 Å². The van der Waals surface area contributed by atoms with Crippen molar-refractivity contribution in [1.82, 2.24) is 0 Å². The number of rotatable bonds is 5. The molecule has 124 valence electrons. The number of hydrogen-bond donors (Lipinski definition) is 1. The highest BCUT2D eigenvalue weighted by Gasteiger charge is 2.09. The van der Waals surface area contributed by atoms with Crippen LogP contribution >= 0.6 is 31.9 Å². The van der Waals surface area contributed by atoms with Crippen LogP contribution in [-0.4, -0.2) is 18.5 Å². The molecule has 0 aliphatic carbocycles. The number of halogens is 3. The van der Waals surface area contributed by atoms with Crippen LogP contribution in [0.1, 0.15) is 5.56 Å². The molecule has 0 unspecified atom stereocenters. The van der Waals surface area contributed by atoms with Gasteiger partial charge in [-0.1, -0.05) is 44.0 Å². The second-order valence-electron chi connectivity index (χ2n) is 4.66. The van der Waals surface area contributed by atoms with Gasteiger partial charge in [0, 0.05) is 15.0 Å². The molecule has 0 radical (unpaired) electrons. The first-order chi connectivity index (χ1) is 11.4. The van der Waals surface area contributed by atoms with Gasteiger partial charge in [-0.3, -0.25) is 4.79 Å². The summed E-state index contributed by atoms with van der Waals surface area (Å²) in [6.45, 7) is -0.501. The van der Waals surface area contributed by atoms with Crippen molar-refractivity contribution < 1.29 is 18.7 Å². The average Bonchev–Trinajstić information content (AvgIpc) is 2.55. The van der Waals surface area contributed by atoms with Gasteiger partial charge in [-0.05, 0) is 42.0 Å². The number of hydrogen-bond acceptors (Lipinski definition) is 3. The molecule has 2 aromatic carbocycles. The molecule has 0 heterocycles. The summed E-state index contributed by atoms with van der Waals surface area (Å²) in [5, 5.41) is 2.33. The SMILES string of the molecule is O=C(COC(=O)/C=C/c1ccc(Br)cc1)Nc1ccc(Br)cc1F. The van der Waals surface area contributed by atoms with Crippen LogP contribution in [0.4, 0.5) is 10.1 Å². The largest absolute Gasteiger partial charge is 0.452 e. The van der Waals surface area contributed by atoms with E-state index in [9.17, 15) is 14.0 Å². The fraction of sp³-hybridized carbons (Fsp3) is 0.0588. The van der Waals surface area contributed by atoms with Crippen LogP contribution in [0.15, 0.2) is 57.5 Å². The van der Waals surface area contributed by atoms with Gasteiger partial charge in [0.2, 0.25) is 0 Å². The van der Waals surface area contributed by atoms with Gasteiger partial charge >= 0.3 is 5.97 Å². The van der Waals surface area contributed by atoms with Crippen molar-refractivity contribution in [3.63, 3.8) is 0 Å². The molecule has 0 spiro atoms. The molecule has 24 heavy (non-hydrogen) atoms. The van der Waals surface area contributed by atoms with E-state index in [0.29, 0.717) is 4.47 Å². The minimum atomic E-state index is -0.663. The molecule has 1 N–H and O–H groups in total. The van der Waals surface area contributed by atoms with Crippen LogP contribution in [0.2, 0.25) is 0 Å². The smallest absolute Gasteiger partial charge is 0.331 e. The summed E-state index contributed by atoms with van der Waals surface area (Å²) < 4.78 is 19.9. The van der Waals surface area contributed by atoms with E-state index < -0.39 is 24.3 Å². The molecule has 0 aliphatic rings. The number of benzene rings is 2. The molecule has 0 aromatic heterocycles. The lowest BCUT2D eigenvalue weighted by Crippen LogP contribution is -2.20. The Bertz CT molecular complexity index is 776. The quantitative estimate of drug-likeness (QED) is 0.530. The molecule has 0 saturated heterocycles. The van der Waals surface area contributed by atoms with E-state index in [1.807, 2.05) is 24.3 Å². The Labute approximate surface area is 155 Å². The predicted octanol–water partition coefficient (Wildman–Crippen LogP) is 4.55. The van der Waals surface area contributed by atoms with Crippen molar-refractivity contribution in [3.05, 3.63) is 68.9 Å². The van der Waals surface area contributed by atoms with Crippen LogP contribution in [0.5, 0.6) is 0 Å². The second kappa shape index (κ2) is 8.75. The van der Waals surface area contributed by atoms with Crippen molar-refractivity contribution in [2.45, 2.75) is 0 Å². The van der Waals surface area contributed by atoms with Crippen molar-refractivity contribution in [2.75, 3.05) is 11.9 Å². The van der Waals surface area contributed by atoms with E-state index in [0.717, 1.165) is 10.0 Å². The number of carbonyl (C=O) groups excluding carboxylic acids is 2. The molecular weight excluding hydrogens is 445 g/mol. The highest BCUT2D eigenvalue weighted by molar-refractivity contribution is 9.10. The van der Waals surface area contributed by atoms with Crippen molar-refractivity contribution in [3.8, 4) is 0 Å². The fourth-order valence-electron chi connectivity index (χ4n) is 1.70. The van der Waals surface area contributed by atoms with E-state index >= 15 is 0 Å². The van der Waals surface area contributed by atoms with E-state index in [2.05, 4.69) is 37.2 Å². The molecule has 1 amide bonds. The predicted molar refractivity (Wildman–Crippen MR) is 96.9 cm³/mol. The van der Waals surface area contributed by atoms with Gasteiger partial charge in [0.15, 0.2) is 6.61 Å². The average molecular weight is 457 g/mol. The Kier molecular flexibility index (Phi) is 6.69. The molecule has 0 bridgehead atoms. The molecule has 2 rings (SSSR count). The maximum absolute atomic E-state index is 13.6. The summed E-state index contributed by atoms with van der Waals surface area (Å²) >= 11 is 6.43. The maximum atomic E-state index is 13.6. The molecule has 0 fully saturated rings. The zero-order valence-electron chi connectivity index (χ0n) is 12.3. The Morgan fingerprint density at radius 3 is 2.42 bits per heavy atom. The monoisotopic (exact) mass is 455 g/mol. The highest BCUT2D eigenvalue weighted by atomic mass is 79.9. The number of amides is 1. The van der Waals surface area contributed by atoms with E-state index in [4.69, 9.17) is 4.74 Å². The minimum absolute atomic E-state index is 0.0182. The number of anilines is 1. The van der Waals surface area contributed by atoms with E-state index in [1.165, 1.54) is 18.2 Å². The Morgan fingerprint density at radius 2 is 1.75 bits per heavy atom. The number of nitrogens with one attached hydrogen (secondary N) is 1. The van der Waals surface area contributed by atoms with Gasteiger partial charge in [0.1, 0.15) is 5.82 Å². The number of ether oxygens (including phenoxy) is 1. The Morgan fingerprint density at radius 1 is 1.08 bits per heavy atom. The van der Waals surface area contributed by atoms with Gasteiger partial charge < -0.3 is 10.1 Å². The van der Waals surface area contributed by atoms with Crippen molar-refractivity contribution in [1.29, 1.82) is 0 Å². The summed E-state index contributed by atoms with van der Waals surface area (Å²) in [6, 6.07) is 11.5. The standard InChI is InChI=1S/C17H12Br2FNO3/c18-12-4-1-11(2-5-12)3-8-17(23)24-10-16(22)21-15-7-6-13(19)9-14(15)20/h1-9H,10H2,(H,21,22)/b8-3+. The van der Waals surface area contributed by atoms with Gasteiger partial charge in [0.25, 0.3) is 5.91 Å². The lowest BCUT2D eigenvalue weighted by Gasteiger charge is -2.06. The normalized spacial score (nSPS) is 10.6. The number of esters is 1. The van der Waals surface area contributed by atoms with E-state index in [1.54, 1.807) is 12.1 Å². The molecule has 7 heteroatoms. The highest BCUT2D eigenvalue weighted by Crippen LogP contribution is 2.19. The van der Waals surface area contributed by atoms with Gasteiger partial charge in [-0.15, -0.1) is 0 Å². The summed E-state index contributed by atoms with van der Waals surface area (Å²) in [4.78, 5) is 23.2. The van der Waals surface area contributed by atoms with Crippen LogP contribution in [0.3, 0.4) is 0 Å². The molecular formula is C17H12Br2FNO3. The molecule has 4 nitrogen and oxygen atoms in total. The third kappa shape index (κ3) is 5.90. The fourth-order valence-corrected chi connectivity index (χ4v) is 2.30. The lowest BCUT2D eigenvalue weighted by molar-refractivity contribution is -0.142. The minimum Gasteiger partial charge on any atom is -0.452 e. The molecule has 2 aromatic rings. The lowest BCUT2D eigenvalue weighted by atomic mass is 10.2. The topological polar surface area (TPSA) is 55.4 Å². The first-order valence-corrected chi connectivity index (χ1v) is 8.38. The maximum Gasteiger partial charge on any atom is 0.331 e. The van der Waals surface area contributed by atoms with Crippen LogP contribution in [0, 0.1) is 5.82 Å². The van der Waals surface area contributed by atoms with E-state index in [-0.39, 0.29) is 5.69 Å². The molecule has 0 atom stereocenters. The second-order valence-corrected chi connectivity index (χ2v) is 6.50. The van der Waals surface area contributed by atoms with Crippen LogP contribution < -0.4 is 5.32 Å². The Balaban J connectivity index is 1.82. The van der Waals surface area contributed by atoms with Crippen molar-refractivity contribution >= 4 is 55.5 Å². The third-order valence-electron chi connectivity index (χ3n) is 2.83. The molecule has 0 saturated carbocycles. The van der Waals surface area contributed by atoms with Crippen molar-refractivity contribution in [2.24, 2.45) is 0 Å². The summed E-state index contributed by atoms with van der Waals surface area (Å²) in [7, 11) is 0. The van der Waals surface area contributed by atoms with Crippen LogP contribution in [0.25, 0.3) is 6.08 Å². The summed E-state index contributed by atoms with van der Waals surface area (Å²) in [5.74, 6) is -1.87. The van der Waals surface area contributed by atoms with Crippen LogP contribution in [-0.2, 0) is 14.3 Å². The first-order valence-electron chi connectivity index (χ1n) is 6.79. The zero-order valence-corrected chi connectivity index (χ0v) is 15.4. The van der Waals surface area contributed by atoms with Gasteiger partial charge in [0.05, 0.1) is 5.69 Å². The Hall–Kier alpha value is -1.99. The summed E-state index contributed by atoms with van der Waals surface area (Å²) in [6.07, 6.45) is 2.79. The first kappa shape index (κ1) is 18.4. The molecule has 0 aliphatic heterocycles.